The number of imidazole rings is 1. The van der Waals surface area contributed by atoms with E-state index in [1.165, 1.54) is 6.33 Å². The van der Waals surface area contributed by atoms with E-state index >= 15 is 0 Å². The molecule has 3 heterocycles. The number of phosphoric ester groups is 1. The maximum atomic E-state index is 13.3. The van der Waals surface area contributed by atoms with Gasteiger partial charge in [0.2, 0.25) is 0 Å². The second kappa shape index (κ2) is 12.1. The molecule has 0 amide bonds. The average Bonchev–Trinajstić information content (AvgIpc) is 3.32. The highest BCUT2D eigenvalue weighted by atomic mass is 31.2. The van der Waals surface area contributed by atoms with Crippen molar-refractivity contribution in [1.82, 2.24) is 19.5 Å². The SMILES string of the molecule is CC(C)(C)OP1(=O)OCC=CC(Cn2cnc3c(N=P(c4ccccc4)(c4ccccc4)c4ccccc4)ncnc32)O1. The number of hydrogen-bond acceptors (Lipinski definition) is 8. The van der Waals surface area contributed by atoms with Gasteiger partial charge in [0.1, 0.15) is 12.4 Å². The molecule has 1 aliphatic heterocycles. The summed E-state index contributed by atoms with van der Waals surface area (Å²) in [6.07, 6.45) is 6.21. The topological polar surface area (TPSA) is 101 Å². The Morgan fingerprint density at radius 2 is 1.49 bits per heavy atom. The highest BCUT2D eigenvalue weighted by Crippen LogP contribution is 2.55. The molecular weight excluding hydrogens is 580 g/mol. The zero-order valence-electron chi connectivity index (χ0n) is 24.2. The van der Waals surface area contributed by atoms with Gasteiger partial charge in [0.05, 0.1) is 32.1 Å². The van der Waals surface area contributed by atoms with E-state index in [2.05, 4.69) is 46.4 Å². The maximum absolute atomic E-state index is 13.3. The van der Waals surface area contributed by atoms with Gasteiger partial charge in [0.15, 0.2) is 17.0 Å². The molecule has 43 heavy (non-hydrogen) atoms. The van der Waals surface area contributed by atoms with E-state index in [4.69, 9.17) is 23.3 Å². The van der Waals surface area contributed by atoms with Crippen LogP contribution in [0.4, 0.5) is 5.82 Å². The summed E-state index contributed by atoms with van der Waals surface area (Å²) >= 11 is 0. The Morgan fingerprint density at radius 1 is 0.907 bits per heavy atom. The zero-order valence-corrected chi connectivity index (χ0v) is 26.0. The minimum atomic E-state index is -3.80. The molecule has 6 rings (SSSR count). The van der Waals surface area contributed by atoms with Gasteiger partial charge in [-0.2, -0.15) is 0 Å². The molecule has 0 aliphatic carbocycles. The number of benzene rings is 3. The number of aromatic nitrogens is 4. The van der Waals surface area contributed by atoms with E-state index in [0.29, 0.717) is 23.5 Å². The average molecular weight is 614 g/mol. The highest BCUT2D eigenvalue weighted by molar-refractivity contribution is 7.87. The van der Waals surface area contributed by atoms with Crippen molar-refractivity contribution in [2.24, 2.45) is 4.74 Å². The van der Waals surface area contributed by atoms with Gasteiger partial charge in [0, 0.05) is 15.9 Å². The molecule has 2 aromatic heterocycles. The van der Waals surface area contributed by atoms with Crippen LogP contribution in [0.5, 0.6) is 0 Å². The molecule has 0 saturated heterocycles. The van der Waals surface area contributed by atoms with Gasteiger partial charge in [-0.15, -0.1) is 0 Å². The molecule has 0 saturated carbocycles. The number of fused-ring (bicyclic) bond motifs is 1. The summed E-state index contributed by atoms with van der Waals surface area (Å²) in [6, 6.07) is 31.1. The van der Waals surface area contributed by atoms with Crippen molar-refractivity contribution in [3.8, 4) is 0 Å². The Hall–Kier alpha value is -3.71. The van der Waals surface area contributed by atoms with Crippen LogP contribution in [0, 0.1) is 0 Å². The number of phosphoric acid groups is 1. The zero-order chi connectivity index (χ0) is 29.9. The Bertz CT molecular complexity index is 1730. The third kappa shape index (κ3) is 6.32. The van der Waals surface area contributed by atoms with Gasteiger partial charge < -0.3 is 4.57 Å². The lowest BCUT2D eigenvalue weighted by atomic mass is 10.2. The Morgan fingerprint density at radius 3 is 2.05 bits per heavy atom. The van der Waals surface area contributed by atoms with E-state index in [-0.39, 0.29) is 6.61 Å². The number of nitrogens with zero attached hydrogens (tertiary/aromatic N) is 5. The van der Waals surface area contributed by atoms with E-state index in [0.717, 1.165) is 15.9 Å². The molecule has 11 heteroatoms. The lowest BCUT2D eigenvalue weighted by molar-refractivity contribution is 0.0377. The Labute approximate surface area is 251 Å². The minimum Gasteiger partial charge on any atom is -0.312 e. The monoisotopic (exact) mass is 613 g/mol. The van der Waals surface area contributed by atoms with E-state index in [9.17, 15) is 4.57 Å². The fraction of sp³-hybridized carbons (Fsp3) is 0.219. The first-order chi connectivity index (χ1) is 20.8. The first-order valence-electron chi connectivity index (χ1n) is 14.0. The second-order valence-electron chi connectivity index (χ2n) is 11.0. The third-order valence-corrected chi connectivity index (χ3v) is 12.1. The molecule has 0 bridgehead atoms. The van der Waals surface area contributed by atoms with Crippen molar-refractivity contribution in [1.29, 1.82) is 0 Å². The Balaban J connectivity index is 1.47. The molecule has 9 nitrogen and oxygen atoms in total. The van der Waals surface area contributed by atoms with Crippen molar-refractivity contribution >= 4 is 47.8 Å². The molecule has 2 atom stereocenters. The summed E-state index contributed by atoms with van der Waals surface area (Å²) in [5.74, 6) is 0.496. The Kier molecular flexibility index (Phi) is 8.27. The van der Waals surface area contributed by atoms with Gasteiger partial charge >= 0.3 is 7.82 Å². The maximum Gasteiger partial charge on any atom is 0.476 e. The van der Waals surface area contributed by atoms with Crippen molar-refractivity contribution in [3.05, 3.63) is 116 Å². The highest BCUT2D eigenvalue weighted by Gasteiger charge is 2.36. The quantitative estimate of drug-likeness (QED) is 0.152. The molecule has 3 aromatic carbocycles. The van der Waals surface area contributed by atoms with Crippen LogP contribution in [0.15, 0.2) is 121 Å². The van der Waals surface area contributed by atoms with Gasteiger partial charge in [-0.1, -0.05) is 103 Å². The van der Waals surface area contributed by atoms with Crippen molar-refractivity contribution in [2.45, 2.75) is 39.0 Å². The lowest BCUT2D eigenvalue weighted by Gasteiger charge is -2.27. The van der Waals surface area contributed by atoms with Crippen molar-refractivity contribution < 1.29 is 18.1 Å². The van der Waals surface area contributed by atoms with Gasteiger partial charge in [-0.05, 0) is 20.8 Å². The van der Waals surface area contributed by atoms with Crippen LogP contribution < -0.4 is 15.9 Å². The van der Waals surface area contributed by atoms with Gasteiger partial charge in [-0.3, -0.25) is 13.6 Å². The summed E-state index contributed by atoms with van der Waals surface area (Å²) < 4.78 is 37.7. The summed E-state index contributed by atoms with van der Waals surface area (Å²) in [5, 5.41) is 3.31. The fourth-order valence-corrected chi connectivity index (χ4v) is 10.1. The number of hydrogen-bond donors (Lipinski definition) is 0. The summed E-state index contributed by atoms with van der Waals surface area (Å²) in [5.41, 5.74) is 0.453. The molecular formula is C32H33N5O4P2. The van der Waals surface area contributed by atoms with Gasteiger partial charge in [-0.25, -0.2) is 24.3 Å². The summed E-state index contributed by atoms with van der Waals surface area (Å²) in [4.78, 5) is 13.9. The summed E-state index contributed by atoms with van der Waals surface area (Å²) in [7, 11) is -6.36. The van der Waals surface area contributed by atoms with Crippen LogP contribution in [-0.2, 0) is 24.7 Å². The molecule has 0 radical (unpaired) electrons. The molecule has 1 aliphatic rings. The molecule has 5 aromatic rings. The molecule has 2 unspecified atom stereocenters. The minimum absolute atomic E-state index is 0.129. The fourth-order valence-electron chi connectivity index (χ4n) is 5.01. The molecule has 0 spiro atoms. The van der Waals surface area contributed by atoms with Crippen LogP contribution in [0.1, 0.15) is 20.8 Å². The third-order valence-electron chi connectivity index (χ3n) is 6.72. The smallest absolute Gasteiger partial charge is 0.312 e. The van der Waals surface area contributed by atoms with Gasteiger partial charge in [0.25, 0.3) is 0 Å². The van der Waals surface area contributed by atoms with Crippen LogP contribution in [0.25, 0.3) is 11.2 Å². The molecule has 0 N–H and O–H groups in total. The largest absolute Gasteiger partial charge is 0.476 e. The van der Waals surface area contributed by atoms with Crippen LogP contribution in [-0.4, -0.2) is 37.8 Å². The molecule has 0 fully saturated rings. The van der Waals surface area contributed by atoms with Crippen LogP contribution in [0.2, 0.25) is 0 Å². The van der Waals surface area contributed by atoms with Crippen LogP contribution in [0.3, 0.4) is 0 Å². The van der Waals surface area contributed by atoms with E-state index in [1.54, 1.807) is 33.2 Å². The van der Waals surface area contributed by atoms with Crippen molar-refractivity contribution in [2.75, 3.05) is 6.61 Å². The second-order valence-corrected chi connectivity index (χ2v) is 15.6. The predicted octanol–water partition coefficient (Wildman–Crippen LogP) is 6.53. The number of rotatable bonds is 7. The summed E-state index contributed by atoms with van der Waals surface area (Å²) in [6.45, 7) is 5.84. The first kappa shape index (κ1) is 29.4. The van der Waals surface area contributed by atoms with E-state index < -0.39 is 26.6 Å². The van der Waals surface area contributed by atoms with E-state index in [1.807, 2.05) is 65.2 Å². The predicted molar refractivity (Wildman–Crippen MR) is 171 cm³/mol. The lowest BCUT2D eigenvalue weighted by Crippen LogP contribution is -2.25. The van der Waals surface area contributed by atoms with Crippen LogP contribution >= 0.6 is 14.9 Å². The first-order valence-corrected chi connectivity index (χ1v) is 17.2. The van der Waals surface area contributed by atoms with Crippen molar-refractivity contribution in [3.63, 3.8) is 0 Å². The normalized spacial score (nSPS) is 19.3. The standard InChI is InChI=1S/C32H33N5O4P2/c1-32(2,3)41-43(38)39-21-13-14-25(40-43)22-37-24-35-29-30(33-23-34-31(29)37)36-42(26-15-7-4-8-16-26,27-17-9-5-10-18-27)28-19-11-6-12-20-28/h4-20,23-25H,21-22H2,1-3H3. The molecule has 220 valence electrons.